The molecule has 3 fully saturated rings. The van der Waals surface area contributed by atoms with Gasteiger partial charge in [0, 0.05) is 24.7 Å². The van der Waals surface area contributed by atoms with Crippen molar-refractivity contribution in [3.63, 3.8) is 0 Å². The van der Waals surface area contributed by atoms with Crippen LogP contribution in [0, 0.1) is 5.92 Å². The van der Waals surface area contributed by atoms with Gasteiger partial charge in [0.05, 0.1) is 0 Å². The molecule has 2 aliphatic heterocycles. The largest absolute Gasteiger partial charge is 0.444 e. The summed E-state index contributed by atoms with van der Waals surface area (Å²) in [4.78, 5) is 14.5. The van der Waals surface area contributed by atoms with Gasteiger partial charge in [-0.15, -0.1) is 0 Å². The van der Waals surface area contributed by atoms with Crippen molar-refractivity contribution in [2.75, 3.05) is 6.54 Å². The predicted molar refractivity (Wildman–Crippen MR) is 87.9 cm³/mol. The second-order valence-electron chi connectivity index (χ2n) is 8.43. The molecule has 3 aliphatic rings. The molecule has 4 heteroatoms. The molecule has 1 amide bonds. The first kappa shape index (κ1) is 16.1. The van der Waals surface area contributed by atoms with Crippen LogP contribution in [0.5, 0.6) is 0 Å². The maximum atomic E-state index is 12.5. The number of ether oxygens (including phenoxy) is 1. The van der Waals surface area contributed by atoms with Gasteiger partial charge in [0.15, 0.2) is 0 Å². The number of nitrogens with one attached hydrogen (secondary N) is 1. The minimum absolute atomic E-state index is 0.0971. The molecule has 22 heavy (non-hydrogen) atoms. The van der Waals surface area contributed by atoms with E-state index in [1.807, 2.05) is 20.8 Å². The molecule has 0 aromatic rings. The highest BCUT2D eigenvalue weighted by Crippen LogP contribution is 2.42. The van der Waals surface area contributed by atoms with Crippen molar-refractivity contribution >= 4 is 6.09 Å². The van der Waals surface area contributed by atoms with E-state index in [4.69, 9.17) is 4.74 Å². The summed E-state index contributed by atoms with van der Waals surface area (Å²) in [7, 11) is 0. The van der Waals surface area contributed by atoms with E-state index in [1.165, 1.54) is 32.1 Å². The van der Waals surface area contributed by atoms with Gasteiger partial charge in [-0.1, -0.05) is 19.3 Å². The lowest BCUT2D eigenvalue weighted by molar-refractivity contribution is 0.0205. The SMILES string of the molecule is CC(C)(C)OC(=O)N1C2CCC1C(CNC1CCCCC1)C2. The Morgan fingerprint density at radius 3 is 2.55 bits per heavy atom. The number of amides is 1. The normalized spacial score (nSPS) is 32.5. The molecule has 0 aromatic carbocycles. The van der Waals surface area contributed by atoms with E-state index >= 15 is 0 Å². The van der Waals surface area contributed by atoms with E-state index in [0.29, 0.717) is 24.0 Å². The molecule has 0 radical (unpaired) electrons. The fourth-order valence-corrected chi connectivity index (χ4v) is 4.56. The standard InChI is InChI=1S/C18H32N2O2/c1-18(2,3)22-17(21)20-15-9-10-16(20)13(11-15)12-19-14-7-5-4-6-8-14/h13-16,19H,4-12H2,1-3H3. The Balaban J connectivity index is 1.52. The lowest BCUT2D eigenvalue weighted by atomic mass is 9.88. The quantitative estimate of drug-likeness (QED) is 0.864. The molecule has 4 nitrogen and oxygen atoms in total. The molecular weight excluding hydrogens is 276 g/mol. The number of rotatable bonds is 3. The Morgan fingerprint density at radius 2 is 1.86 bits per heavy atom. The average Bonchev–Trinajstić information content (AvgIpc) is 3.02. The summed E-state index contributed by atoms with van der Waals surface area (Å²) in [5.74, 6) is 0.619. The fourth-order valence-electron chi connectivity index (χ4n) is 4.56. The molecule has 0 spiro atoms. The van der Waals surface area contributed by atoms with Crippen molar-refractivity contribution in [3.05, 3.63) is 0 Å². The Kier molecular flexibility index (Phi) is 4.67. The highest BCUT2D eigenvalue weighted by atomic mass is 16.6. The first-order valence-corrected chi connectivity index (χ1v) is 9.19. The van der Waals surface area contributed by atoms with Crippen molar-refractivity contribution in [1.29, 1.82) is 0 Å². The lowest BCUT2D eigenvalue weighted by Gasteiger charge is -2.29. The molecule has 2 heterocycles. The van der Waals surface area contributed by atoms with E-state index in [2.05, 4.69) is 10.2 Å². The molecule has 1 N–H and O–H groups in total. The highest BCUT2D eigenvalue weighted by Gasteiger charge is 2.49. The summed E-state index contributed by atoms with van der Waals surface area (Å²) in [5.41, 5.74) is -0.394. The van der Waals surface area contributed by atoms with Crippen LogP contribution in [-0.4, -0.2) is 41.3 Å². The van der Waals surface area contributed by atoms with Crippen molar-refractivity contribution in [3.8, 4) is 0 Å². The lowest BCUT2D eigenvalue weighted by Crippen LogP contribution is -2.42. The zero-order chi connectivity index (χ0) is 15.7. The van der Waals surface area contributed by atoms with E-state index < -0.39 is 5.60 Å². The van der Waals surface area contributed by atoms with Crippen LogP contribution in [0.2, 0.25) is 0 Å². The number of hydrogen-bond donors (Lipinski definition) is 1. The first-order valence-electron chi connectivity index (χ1n) is 9.19. The van der Waals surface area contributed by atoms with Gasteiger partial charge in [-0.25, -0.2) is 4.79 Å². The Morgan fingerprint density at radius 1 is 1.14 bits per heavy atom. The van der Waals surface area contributed by atoms with Crippen LogP contribution < -0.4 is 5.32 Å². The van der Waals surface area contributed by atoms with E-state index in [1.54, 1.807) is 0 Å². The molecule has 1 aliphatic carbocycles. The third-order valence-corrected chi connectivity index (χ3v) is 5.54. The van der Waals surface area contributed by atoms with Gasteiger partial charge < -0.3 is 15.0 Å². The molecule has 2 saturated heterocycles. The van der Waals surface area contributed by atoms with Crippen LogP contribution in [0.15, 0.2) is 0 Å². The van der Waals surface area contributed by atoms with Gasteiger partial charge >= 0.3 is 6.09 Å². The summed E-state index contributed by atoms with van der Waals surface area (Å²) >= 11 is 0. The van der Waals surface area contributed by atoms with Gasteiger partial charge in [-0.2, -0.15) is 0 Å². The highest BCUT2D eigenvalue weighted by molar-refractivity contribution is 5.70. The molecule has 126 valence electrons. The molecular formula is C18H32N2O2. The van der Waals surface area contributed by atoms with Gasteiger partial charge in [0.1, 0.15) is 5.60 Å². The molecule has 0 aromatic heterocycles. The predicted octanol–water partition coefficient (Wildman–Crippen LogP) is 3.70. The fraction of sp³-hybridized carbons (Fsp3) is 0.944. The van der Waals surface area contributed by atoms with Gasteiger partial charge in [0.25, 0.3) is 0 Å². The Hall–Kier alpha value is -0.770. The second kappa shape index (κ2) is 6.38. The van der Waals surface area contributed by atoms with Crippen molar-refractivity contribution < 1.29 is 9.53 Å². The summed E-state index contributed by atoms with van der Waals surface area (Å²) in [5, 5.41) is 3.78. The third kappa shape index (κ3) is 3.58. The first-order chi connectivity index (χ1) is 10.4. The van der Waals surface area contributed by atoms with Crippen LogP contribution in [0.1, 0.15) is 72.1 Å². The summed E-state index contributed by atoms with van der Waals surface area (Å²) in [6, 6.07) is 1.52. The Labute approximate surface area is 135 Å². The third-order valence-electron chi connectivity index (χ3n) is 5.54. The van der Waals surface area contributed by atoms with Crippen LogP contribution in [-0.2, 0) is 4.74 Å². The van der Waals surface area contributed by atoms with Crippen LogP contribution in [0.4, 0.5) is 4.79 Å². The Bertz CT molecular complexity index is 398. The number of hydrogen-bond acceptors (Lipinski definition) is 3. The minimum Gasteiger partial charge on any atom is -0.444 e. The second-order valence-corrected chi connectivity index (χ2v) is 8.43. The van der Waals surface area contributed by atoms with Crippen LogP contribution >= 0.6 is 0 Å². The molecule has 3 unspecified atom stereocenters. The van der Waals surface area contributed by atoms with Crippen molar-refractivity contribution in [2.45, 2.75) is 95.9 Å². The van der Waals surface area contributed by atoms with Crippen molar-refractivity contribution in [1.82, 2.24) is 10.2 Å². The maximum Gasteiger partial charge on any atom is 0.410 e. The van der Waals surface area contributed by atoms with E-state index in [-0.39, 0.29) is 6.09 Å². The number of carbonyl (C=O) groups excluding carboxylic acids is 1. The summed E-state index contributed by atoms with van der Waals surface area (Å²) < 4.78 is 5.61. The maximum absolute atomic E-state index is 12.5. The molecule has 2 bridgehead atoms. The average molecular weight is 308 g/mol. The van der Waals surface area contributed by atoms with E-state index in [9.17, 15) is 4.79 Å². The topological polar surface area (TPSA) is 41.6 Å². The monoisotopic (exact) mass is 308 g/mol. The zero-order valence-corrected chi connectivity index (χ0v) is 14.4. The van der Waals surface area contributed by atoms with Crippen molar-refractivity contribution in [2.24, 2.45) is 5.92 Å². The zero-order valence-electron chi connectivity index (χ0n) is 14.4. The van der Waals surface area contributed by atoms with Crippen LogP contribution in [0.3, 0.4) is 0 Å². The number of carbonyl (C=O) groups is 1. The van der Waals surface area contributed by atoms with Gasteiger partial charge in [0.2, 0.25) is 0 Å². The van der Waals surface area contributed by atoms with Crippen LogP contribution in [0.25, 0.3) is 0 Å². The summed E-state index contributed by atoms with van der Waals surface area (Å²) in [6.07, 6.45) is 10.2. The smallest absolute Gasteiger partial charge is 0.410 e. The molecule has 1 saturated carbocycles. The number of fused-ring (bicyclic) bond motifs is 2. The van der Waals surface area contributed by atoms with Gasteiger partial charge in [-0.3, -0.25) is 0 Å². The molecule has 3 rings (SSSR count). The minimum atomic E-state index is -0.394. The summed E-state index contributed by atoms with van der Waals surface area (Å²) in [6.45, 7) is 6.92. The number of nitrogens with zero attached hydrogens (tertiary/aromatic N) is 1. The molecule has 3 atom stereocenters. The van der Waals surface area contributed by atoms with E-state index in [0.717, 1.165) is 25.8 Å². The van der Waals surface area contributed by atoms with Gasteiger partial charge in [-0.05, 0) is 58.8 Å².